The number of benzene rings is 1. The molecule has 2 nitrogen and oxygen atoms in total. The monoisotopic (exact) mass is 188 g/mol. The van der Waals surface area contributed by atoms with Crippen LogP contribution in [0.1, 0.15) is 31.0 Å². The molecule has 1 atom stereocenters. The highest BCUT2D eigenvalue weighted by molar-refractivity contribution is 5.27. The van der Waals surface area contributed by atoms with Crippen LogP contribution in [0.2, 0.25) is 0 Å². The summed E-state index contributed by atoms with van der Waals surface area (Å²) in [5.41, 5.74) is 7.77. The largest absolute Gasteiger partial charge is 0.312 e. The fourth-order valence-electron chi connectivity index (χ4n) is 1.41. The van der Waals surface area contributed by atoms with Gasteiger partial charge >= 0.3 is 0 Å². The molecule has 2 heteroatoms. The van der Waals surface area contributed by atoms with Crippen molar-refractivity contribution in [3.05, 3.63) is 35.4 Å². The second-order valence-corrected chi connectivity index (χ2v) is 3.95. The number of nitrogens with zero attached hydrogens (tertiary/aromatic N) is 1. The van der Waals surface area contributed by atoms with Gasteiger partial charge in [-0.3, -0.25) is 0 Å². The quantitative estimate of drug-likeness (QED) is 0.791. The van der Waals surface area contributed by atoms with Gasteiger partial charge in [0.1, 0.15) is 6.04 Å². The van der Waals surface area contributed by atoms with E-state index in [4.69, 9.17) is 11.0 Å². The average molecular weight is 188 g/mol. The molecule has 1 unspecified atom stereocenters. The molecular formula is C12H16N2. The highest BCUT2D eigenvalue weighted by Gasteiger charge is 2.03. The minimum Gasteiger partial charge on any atom is -0.312 e. The molecule has 0 aromatic heterocycles. The van der Waals surface area contributed by atoms with Crippen LogP contribution < -0.4 is 5.73 Å². The van der Waals surface area contributed by atoms with Crippen LogP contribution in [0, 0.1) is 17.2 Å². The van der Waals surface area contributed by atoms with Crippen LogP contribution in [0.25, 0.3) is 0 Å². The normalized spacial score (nSPS) is 12.5. The minimum absolute atomic E-state index is 0.497. The zero-order valence-corrected chi connectivity index (χ0v) is 8.70. The van der Waals surface area contributed by atoms with Crippen LogP contribution in [0.15, 0.2) is 24.3 Å². The molecule has 0 aliphatic carbocycles. The van der Waals surface area contributed by atoms with E-state index in [1.165, 1.54) is 5.56 Å². The summed E-state index contributed by atoms with van der Waals surface area (Å²) >= 11 is 0. The first-order valence-corrected chi connectivity index (χ1v) is 4.87. The molecule has 0 aliphatic rings. The molecule has 0 fully saturated rings. The van der Waals surface area contributed by atoms with E-state index >= 15 is 0 Å². The lowest BCUT2D eigenvalue weighted by Crippen LogP contribution is -2.07. The number of hydrogen-bond donors (Lipinski definition) is 1. The minimum atomic E-state index is -0.497. The van der Waals surface area contributed by atoms with Crippen molar-refractivity contribution in [2.45, 2.75) is 26.3 Å². The van der Waals surface area contributed by atoms with E-state index in [0.29, 0.717) is 5.92 Å². The molecule has 74 valence electrons. The van der Waals surface area contributed by atoms with Gasteiger partial charge in [0.05, 0.1) is 6.07 Å². The van der Waals surface area contributed by atoms with E-state index in [1.54, 1.807) is 0 Å². The van der Waals surface area contributed by atoms with Crippen molar-refractivity contribution in [1.82, 2.24) is 0 Å². The molecule has 0 saturated carbocycles. The van der Waals surface area contributed by atoms with Crippen molar-refractivity contribution in [1.29, 1.82) is 5.26 Å². The summed E-state index contributed by atoms with van der Waals surface area (Å²) in [7, 11) is 0. The number of rotatable bonds is 3. The third kappa shape index (κ3) is 2.86. The first-order chi connectivity index (χ1) is 6.63. The highest BCUT2D eigenvalue weighted by Crippen LogP contribution is 2.13. The third-order valence-corrected chi connectivity index (χ3v) is 2.12. The fraction of sp³-hybridized carbons (Fsp3) is 0.417. The molecule has 14 heavy (non-hydrogen) atoms. The Labute approximate surface area is 85.4 Å². The second kappa shape index (κ2) is 4.78. The molecule has 1 aromatic rings. The van der Waals surface area contributed by atoms with Crippen molar-refractivity contribution in [3.8, 4) is 6.07 Å². The average Bonchev–Trinajstić information content (AvgIpc) is 2.17. The van der Waals surface area contributed by atoms with Crippen molar-refractivity contribution in [2.75, 3.05) is 0 Å². The standard InChI is InChI=1S/C12H16N2/c1-9(2)7-10-3-5-11(6-4-10)12(14)8-13/h3-6,9,12H,7,14H2,1-2H3. The van der Waals surface area contributed by atoms with Gasteiger partial charge in [0, 0.05) is 0 Å². The molecule has 1 rings (SSSR count). The van der Waals surface area contributed by atoms with E-state index < -0.39 is 6.04 Å². The first kappa shape index (κ1) is 10.7. The maximum Gasteiger partial charge on any atom is 0.118 e. The fourth-order valence-corrected chi connectivity index (χ4v) is 1.41. The lowest BCUT2D eigenvalue weighted by Gasteiger charge is -2.07. The molecule has 0 aliphatic heterocycles. The van der Waals surface area contributed by atoms with Gasteiger partial charge in [-0.25, -0.2) is 0 Å². The summed E-state index contributed by atoms with van der Waals surface area (Å²) in [5, 5.41) is 8.63. The van der Waals surface area contributed by atoms with Crippen LogP contribution >= 0.6 is 0 Å². The Morgan fingerprint density at radius 1 is 1.29 bits per heavy atom. The third-order valence-electron chi connectivity index (χ3n) is 2.12. The number of nitrogens with two attached hydrogens (primary N) is 1. The Hall–Kier alpha value is -1.33. The first-order valence-electron chi connectivity index (χ1n) is 4.87. The zero-order valence-electron chi connectivity index (χ0n) is 8.70. The zero-order chi connectivity index (χ0) is 10.6. The van der Waals surface area contributed by atoms with Crippen LogP contribution in [0.3, 0.4) is 0 Å². The SMILES string of the molecule is CC(C)Cc1ccc(C(N)C#N)cc1. The maximum absolute atomic E-state index is 8.63. The summed E-state index contributed by atoms with van der Waals surface area (Å²) in [6.07, 6.45) is 1.07. The highest BCUT2D eigenvalue weighted by atomic mass is 14.6. The van der Waals surface area contributed by atoms with Gasteiger partial charge in [0.25, 0.3) is 0 Å². The maximum atomic E-state index is 8.63. The van der Waals surface area contributed by atoms with Crippen LogP contribution in [-0.2, 0) is 6.42 Å². The van der Waals surface area contributed by atoms with Crippen molar-refractivity contribution in [3.63, 3.8) is 0 Å². The molecule has 0 radical (unpaired) electrons. The molecule has 0 bridgehead atoms. The molecule has 0 saturated heterocycles. The van der Waals surface area contributed by atoms with Gasteiger partial charge in [0.2, 0.25) is 0 Å². The van der Waals surface area contributed by atoms with Gasteiger partial charge in [-0.15, -0.1) is 0 Å². The Balaban J connectivity index is 2.74. The summed E-state index contributed by atoms with van der Waals surface area (Å²) in [6.45, 7) is 4.38. The van der Waals surface area contributed by atoms with Gasteiger partial charge in [-0.05, 0) is 23.5 Å². The van der Waals surface area contributed by atoms with Gasteiger partial charge in [-0.1, -0.05) is 38.1 Å². The van der Waals surface area contributed by atoms with E-state index in [9.17, 15) is 0 Å². The lowest BCUT2D eigenvalue weighted by molar-refractivity contribution is 0.647. The Bertz CT molecular complexity index is 319. The Morgan fingerprint density at radius 3 is 2.29 bits per heavy atom. The smallest absolute Gasteiger partial charge is 0.118 e. The topological polar surface area (TPSA) is 49.8 Å². The predicted molar refractivity (Wildman–Crippen MR) is 57.5 cm³/mol. The van der Waals surface area contributed by atoms with E-state index in [1.807, 2.05) is 30.3 Å². The summed E-state index contributed by atoms with van der Waals surface area (Å²) < 4.78 is 0. The molecule has 0 heterocycles. The molecular weight excluding hydrogens is 172 g/mol. The van der Waals surface area contributed by atoms with Crippen molar-refractivity contribution >= 4 is 0 Å². The molecule has 0 amide bonds. The Morgan fingerprint density at radius 2 is 1.86 bits per heavy atom. The van der Waals surface area contributed by atoms with Crippen molar-refractivity contribution < 1.29 is 0 Å². The summed E-state index contributed by atoms with van der Waals surface area (Å²) in [5.74, 6) is 0.658. The number of nitriles is 1. The molecule has 1 aromatic carbocycles. The predicted octanol–water partition coefficient (Wildman–Crippen LogP) is 2.41. The second-order valence-electron chi connectivity index (χ2n) is 3.95. The lowest BCUT2D eigenvalue weighted by atomic mass is 10.00. The van der Waals surface area contributed by atoms with Crippen LogP contribution in [-0.4, -0.2) is 0 Å². The summed E-state index contributed by atoms with van der Waals surface area (Å²) in [4.78, 5) is 0. The molecule has 2 N–H and O–H groups in total. The van der Waals surface area contributed by atoms with Crippen LogP contribution in [0.5, 0.6) is 0 Å². The number of hydrogen-bond acceptors (Lipinski definition) is 2. The van der Waals surface area contributed by atoms with Gasteiger partial charge < -0.3 is 5.73 Å². The van der Waals surface area contributed by atoms with E-state index in [0.717, 1.165) is 12.0 Å². The van der Waals surface area contributed by atoms with Crippen LogP contribution in [0.4, 0.5) is 0 Å². The summed E-state index contributed by atoms with van der Waals surface area (Å²) in [6, 6.07) is 9.49. The van der Waals surface area contributed by atoms with Gasteiger partial charge in [-0.2, -0.15) is 5.26 Å². The van der Waals surface area contributed by atoms with Crippen molar-refractivity contribution in [2.24, 2.45) is 11.7 Å². The molecule has 0 spiro atoms. The Kier molecular flexibility index (Phi) is 3.67. The van der Waals surface area contributed by atoms with Gasteiger partial charge in [0.15, 0.2) is 0 Å². The van der Waals surface area contributed by atoms with E-state index in [-0.39, 0.29) is 0 Å². The van der Waals surface area contributed by atoms with E-state index in [2.05, 4.69) is 13.8 Å².